The number of ether oxygens (including phenoxy) is 1. The Hall–Kier alpha value is -1.84. The van der Waals surface area contributed by atoms with E-state index in [1.54, 1.807) is 6.07 Å². The van der Waals surface area contributed by atoms with E-state index in [2.05, 4.69) is 0 Å². The summed E-state index contributed by atoms with van der Waals surface area (Å²) in [5.74, 6) is 0.127. The van der Waals surface area contributed by atoms with Gasteiger partial charge in [0, 0.05) is 18.2 Å². The SMILES string of the molecule is COC(=O)c1ccc2c(c1)CCN2C(=O)C1CCCC1. The van der Waals surface area contributed by atoms with Crippen LogP contribution in [0, 0.1) is 5.92 Å². The van der Waals surface area contributed by atoms with Gasteiger partial charge in [-0.3, -0.25) is 4.79 Å². The second-order valence-corrected chi connectivity index (χ2v) is 5.56. The van der Waals surface area contributed by atoms with Crippen LogP contribution < -0.4 is 4.90 Å². The smallest absolute Gasteiger partial charge is 0.337 e. The minimum atomic E-state index is -0.326. The van der Waals surface area contributed by atoms with E-state index in [1.807, 2.05) is 17.0 Å². The molecule has 2 aliphatic rings. The maximum absolute atomic E-state index is 12.5. The predicted molar refractivity (Wildman–Crippen MR) is 75.8 cm³/mol. The Morgan fingerprint density at radius 2 is 2.00 bits per heavy atom. The number of rotatable bonds is 2. The first-order chi connectivity index (χ1) is 9.70. The van der Waals surface area contributed by atoms with E-state index in [4.69, 9.17) is 4.74 Å². The lowest BCUT2D eigenvalue weighted by atomic mass is 10.1. The molecule has 1 heterocycles. The summed E-state index contributed by atoms with van der Waals surface area (Å²) in [6.07, 6.45) is 5.19. The maximum Gasteiger partial charge on any atom is 0.337 e. The van der Waals surface area contributed by atoms with Gasteiger partial charge in [-0.05, 0) is 43.0 Å². The van der Waals surface area contributed by atoms with E-state index in [1.165, 1.54) is 20.0 Å². The second kappa shape index (κ2) is 5.27. The van der Waals surface area contributed by atoms with Crippen molar-refractivity contribution in [2.75, 3.05) is 18.6 Å². The molecule has 0 bridgehead atoms. The molecule has 0 N–H and O–H groups in total. The molecule has 1 amide bonds. The van der Waals surface area contributed by atoms with E-state index in [9.17, 15) is 9.59 Å². The van der Waals surface area contributed by atoms with E-state index in [-0.39, 0.29) is 17.8 Å². The molecule has 3 rings (SSSR count). The number of carbonyl (C=O) groups is 2. The number of nitrogens with zero attached hydrogens (tertiary/aromatic N) is 1. The number of hydrogen-bond acceptors (Lipinski definition) is 3. The molecule has 4 heteroatoms. The van der Waals surface area contributed by atoms with Crippen molar-refractivity contribution in [2.45, 2.75) is 32.1 Å². The van der Waals surface area contributed by atoms with Gasteiger partial charge < -0.3 is 9.64 Å². The monoisotopic (exact) mass is 273 g/mol. The molecule has 1 fully saturated rings. The minimum absolute atomic E-state index is 0.196. The normalized spacial score (nSPS) is 18.1. The third-order valence-corrected chi connectivity index (χ3v) is 4.37. The van der Waals surface area contributed by atoms with Crippen molar-refractivity contribution in [3.63, 3.8) is 0 Å². The Bertz CT molecular complexity index is 547. The molecule has 106 valence electrons. The zero-order valence-corrected chi connectivity index (χ0v) is 11.7. The van der Waals surface area contributed by atoms with E-state index in [0.717, 1.165) is 37.1 Å². The molecule has 20 heavy (non-hydrogen) atoms. The number of hydrogen-bond donors (Lipinski definition) is 0. The van der Waals surface area contributed by atoms with Crippen LogP contribution in [0.2, 0.25) is 0 Å². The van der Waals surface area contributed by atoms with Gasteiger partial charge in [-0.2, -0.15) is 0 Å². The van der Waals surface area contributed by atoms with E-state index >= 15 is 0 Å². The van der Waals surface area contributed by atoms with E-state index < -0.39 is 0 Å². The maximum atomic E-state index is 12.5. The van der Waals surface area contributed by atoms with Gasteiger partial charge in [-0.1, -0.05) is 12.8 Å². The molecule has 0 radical (unpaired) electrons. The van der Waals surface area contributed by atoms with Crippen molar-refractivity contribution in [3.8, 4) is 0 Å². The van der Waals surface area contributed by atoms with Crippen LogP contribution in [0.3, 0.4) is 0 Å². The summed E-state index contributed by atoms with van der Waals surface area (Å²) in [6, 6.07) is 5.47. The zero-order chi connectivity index (χ0) is 14.1. The lowest BCUT2D eigenvalue weighted by Gasteiger charge is -2.21. The Morgan fingerprint density at radius 3 is 2.70 bits per heavy atom. The minimum Gasteiger partial charge on any atom is -0.465 e. The van der Waals surface area contributed by atoms with Gasteiger partial charge in [0.1, 0.15) is 0 Å². The number of fused-ring (bicyclic) bond motifs is 1. The summed E-state index contributed by atoms with van der Waals surface area (Å²) >= 11 is 0. The molecule has 0 aromatic heterocycles. The van der Waals surface area contributed by atoms with Crippen molar-refractivity contribution in [1.29, 1.82) is 0 Å². The quantitative estimate of drug-likeness (QED) is 0.778. The number of methoxy groups -OCH3 is 1. The Kier molecular flexibility index (Phi) is 3.47. The zero-order valence-electron chi connectivity index (χ0n) is 11.7. The topological polar surface area (TPSA) is 46.6 Å². The van der Waals surface area contributed by atoms with Gasteiger partial charge >= 0.3 is 5.97 Å². The molecular weight excluding hydrogens is 254 g/mol. The standard InChI is InChI=1S/C16H19NO3/c1-20-16(19)13-6-7-14-12(10-13)8-9-17(14)15(18)11-4-2-3-5-11/h6-7,10-11H,2-5,8-9H2,1H3. The van der Waals surface area contributed by atoms with Gasteiger partial charge in [0.05, 0.1) is 12.7 Å². The fourth-order valence-corrected chi connectivity index (χ4v) is 3.27. The number of amides is 1. The third kappa shape index (κ3) is 2.19. The molecule has 1 aromatic rings. The van der Waals surface area contributed by atoms with Gasteiger partial charge in [-0.15, -0.1) is 0 Å². The highest BCUT2D eigenvalue weighted by atomic mass is 16.5. The highest BCUT2D eigenvalue weighted by Crippen LogP contribution is 2.34. The van der Waals surface area contributed by atoms with Gasteiger partial charge in [0.25, 0.3) is 0 Å². The molecule has 1 aliphatic carbocycles. The fourth-order valence-electron chi connectivity index (χ4n) is 3.27. The van der Waals surface area contributed by atoms with Crippen molar-refractivity contribution in [1.82, 2.24) is 0 Å². The molecule has 4 nitrogen and oxygen atoms in total. The summed E-state index contributed by atoms with van der Waals surface area (Å²) in [5, 5.41) is 0. The van der Waals surface area contributed by atoms with Crippen LogP contribution in [0.1, 0.15) is 41.6 Å². The molecule has 0 unspecified atom stereocenters. The van der Waals surface area contributed by atoms with Crippen LogP contribution in [0.25, 0.3) is 0 Å². The molecule has 0 atom stereocenters. The predicted octanol–water partition coefficient (Wildman–Crippen LogP) is 2.55. The second-order valence-electron chi connectivity index (χ2n) is 5.56. The van der Waals surface area contributed by atoms with Gasteiger partial charge in [-0.25, -0.2) is 4.79 Å². The summed E-state index contributed by atoms with van der Waals surface area (Å²) in [7, 11) is 1.38. The molecule has 1 aliphatic heterocycles. The molecule has 1 saturated carbocycles. The number of benzene rings is 1. The van der Waals surface area contributed by atoms with Crippen LogP contribution in [0.15, 0.2) is 18.2 Å². The summed E-state index contributed by atoms with van der Waals surface area (Å²) < 4.78 is 4.73. The molecular formula is C16H19NO3. The first-order valence-electron chi connectivity index (χ1n) is 7.23. The Morgan fingerprint density at radius 1 is 1.25 bits per heavy atom. The van der Waals surface area contributed by atoms with Crippen molar-refractivity contribution < 1.29 is 14.3 Å². The van der Waals surface area contributed by atoms with Crippen molar-refractivity contribution in [2.24, 2.45) is 5.92 Å². The van der Waals surface area contributed by atoms with Crippen LogP contribution in [-0.2, 0) is 16.0 Å². The van der Waals surface area contributed by atoms with Crippen LogP contribution in [0.5, 0.6) is 0 Å². The summed E-state index contributed by atoms with van der Waals surface area (Å²) in [5.41, 5.74) is 2.59. The number of anilines is 1. The van der Waals surface area contributed by atoms with E-state index in [0.29, 0.717) is 5.56 Å². The summed E-state index contributed by atoms with van der Waals surface area (Å²) in [6.45, 7) is 0.731. The molecule has 0 saturated heterocycles. The average molecular weight is 273 g/mol. The number of carbonyl (C=O) groups excluding carboxylic acids is 2. The van der Waals surface area contributed by atoms with Crippen LogP contribution in [-0.4, -0.2) is 25.5 Å². The van der Waals surface area contributed by atoms with Crippen molar-refractivity contribution in [3.05, 3.63) is 29.3 Å². The van der Waals surface area contributed by atoms with Crippen LogP contribution >= 0.6 is 0 Å². The number of esters is 1. The van der Waals surface area contributed by atoms with Crippen LogP contribution in [0.4, 0.5) is 5.69 Å². The first kappa shape index (κ1) is 13.2. The lowest BCUT2D eigenvalue weighted by molar-refractivity contribution is -0.122. The average Bonchev–Trinajstić information content (AvgIpc) is 3.14. The van der Waals surface area contributed by atoms with Crippen molar-refractivity contribution >= 4 is 17.6 Å². The molecule has 0 spiro atoms. The first-order valence-corrected chi connectivity index (χ1v) is 7.23. The molecule has 1 aromatic carbocycles. The van der Waals surface area contributed by atoms with Gasteiger partial charge in [0.15, 0.2) is 0 Å². The highest BCUT2D eigenvalue weighted by Gasteiger charge is 2.32. The highest BCUT2D eigenvalue weighted by molar-refractivity contribution is 5.98. The third-order valence-electron chi connectivity index (χ3n) is 4.37. The Balaban J connectivity index is 1.83. The fraction of sp³-hybridized carbons (Fsp3) is 0.500. The summed E-state index contributed by atoms with van der Waals surface area (Å²) in [4.78, 5) is 25.9. The van der Waals surface area contributed by atoms with Gasteiger partial charge in [0.2, 0.25) is 5.91 Å². The largest absolute Gasteiger partial charge is 0.465 e. The Labute approximate surface area is 118 Å². The lowest BCUT2D eigenvalue weighted by Crippen LogP contribution is -2.33.